The lowest BCUT2D eigenvalue weighted by atomic mass is 9.94. The Morgan fingerprint density at radius 3 is 1.83 bits per heavy atom. The van der Waals surface area contributed by atoms with Crippen molar-refractivity contribution in [3.8, 4) is 0 Å². The fraction of sp³-hybridized carbons (Fsp3) is 0.809. The van der Waals surface area contributed by atoms with Crippen molar-refractivity contribution in [1.29, 1.82) is 0 Å². The molecule has 7 N–H and O–H groups in total. The molecule has 1 rings (SSSR count). The highest BCUT2D eigenvalue weighted by molar-refractivity contribution is 5.85. The van der Waals surface area contributed by atoms with Gasteiger partial charge < -0.3 is 50.7 Å². The first-order valence-corrected chi connectivity index (χ1v) is 24.2. The minimum absolute atomic E-state index is 0.0367. The Balaban J connectivity index is 1.90. The van der Waals surface area contributed by atoms with E-state index in [-0.39, 0.29) is 107 Å². The zero-order valence-corrected chi connectivity index (χ0v) is 39.3. The Morgan fingerprint density at radius 2 is 1.23 bits per heavy atom. The third kappa shape index (κ3) is 35.6. The number of nitrogens with zero attached hydrogens (tertiary/aromatic N) is 1. The van der Waals surface area contributed by atoms with Crippen LogP contribution < -0.4 is 21.7 Å². The van der Waals surface area contributed by atoms with Gasteiger partial charge in [0.15, 0.2) is 0 Å². The van der Waals surface area contributed by atoms with Crippen LogP contribution in [0.5, 0.6) is 0 Å². The van der Waals surface area contributed by atoms with Crippen LogP contribution >= 0.6 is 0 Å². The molecule has 0 spiro atoms. The summed E-state index contributed by atoms with van der Waals surface area (Å²) in [7, 11) is 0. The highest BCUT2D eigenvalue weighted by Crippen LogP contribution is 2.15. The zero-order chi connectivity index (χ0) is 46.9. The van der Waals surface area contributed by atoms with E-state index in [2.05, 4.69) is 32.8 Å². The fourth-order valence-electron chi connectivity index (χ4n) is 6.95. The number of carboxylic acids is 1. The van der Waals surface area contributed by atoms with E-state index in [1.54, 1.807) is 12.5 Å². The van der Waals surface area contributed by atoms with Crippen LogP contribution in [0.4, 0.5) is 0 Å². The lowest BCUT2D eigenvalue weighted by molar-refractivity contribution is -0.142. The third-order valence-corrected chi connectivity index (χ3v) is 10.8. The fourth-order valence-corrected chi connectivity index (χ4v) is 6.95. The Morgan fingerprint density at radius 1 is 0.656 bits per heavy atom. The van der Waals surface area contributed by atoms with Crippen LogP contribution in [0.2, 0.25) is 0 Å². The topological polar surface area (TPSA) is 250 Å². The number of unbranched alkanes of at least 4 members (excludes halogenated alkanes) is 13. The number of hydrogen-bond donors (Lipinski definition) is 6. The molecule has 0 unspecified atom stereocenters. The van der Waals surface area contributed by atoms with Gasteiger partial charge in [-0.05, 0) is 31.6 Å². The average molecular weight is 909 g/mol. The molecule has 3 atom stereocenters. The number of carbonyl (C=O) groups is 6. The minimum Gasteiger partial charge on any atom is -0.480 e. The first-order chi connectivity index (χ1) is 31.0. The van der Waals surface area contributed by atoms with E-state index in [4.69, 9.17) is 24.7 Å². The smallest absolute Gasteiger partial charge is 0.326 e. The van der Waals surface area contributed by atoms with Crippen LogP contribution in [0.1, 0.15) is 161 Å². The minimum atomic E-state index is -1.14. The van der Waals surface area contributed by atoms with Crippen molar-refractivity contribution < 1.29 is 52.8 Å². The van der Waals surface area contributed by atoms with Gasteiger partial charge >= 0.3 is 5.97 Å². The van der Waals surface area contributed by atoms with Crippen molar-refractivity contribution in [1.82, 2.24) is 25.9 Å². The maximum absolute atomic E-state index is 12.4. The monoisotopic (exact) mass is 909 g/mol. The molecule has 1 heterocycles. The first-order valence-electron chi connectivity index (χ1n) is 24.2. The van der Waals surface area contributed by atoms with Crippen LogP contribution in [0.15, 0.2) is 12.5 Å². The summed E-state index contributed by atoms with van der Waals surface area (Å²) in [6.45, 7) is 6.42. The summed E-state index contributed by atoms with van der Waals surface area (Å²) in [4.78, 5) is 79.6. The van der Waals surface area contributed by atoms with E-state index in [9.17, 15) is 33.9 Å². The highest BCUT2D eigenvalue weighted by Gasteiger charge is 2.21. The number of ether oxygens (including phenoxy) is 4. The maximum atomic E-state index is 12.4. The number of carbonyl (C=O) groups excluding carboxylic acids is 5. The third-order valence-electron chi connectivity index (χ3n) is 10.8. The second kappa shape index (κ2) is 40.7. The van der Waals surface area contributed by atoms with Gasteiger partial charge in [-0.15, -0.1) is 0 Å². The summed E-state index contributed by atoms with van der Waals surface area (Å²) in [5.41, 5.74) is 6.87. The molecule has 0 saturated heterocycles. The van der Waals surface area contributed by atoms with Crippen molar-refractivity contribution in [3.05, 3.63) is 18.2 Å². The molecule has 0 radical (unpaired) electrons. The van der Waals surface area contributed by atoms with Crippen LogP contribution in [0, 0.1) is 5.92 Å². The standard InChI is InChI=1S/C47H84N6O11/c1-3-4-5-6-7-8-9-10-11-12-13-14-15-21-44(56)53-42(47(59)60)23-22-40(54)20-18-26-61-28-30-63-36-46(58)51-25-27-62-29-31-64-35-45(57)50-24-17-16-19-38(2)32-43(55)41(48)33-39-34-49-37-52-39/h34,37-38,41-42H,3-33,35-36,48H2,1-2H3,(H,49,52)(H,50,57)(H,51,58)(H,53,56)(H,59,60)/t38-,41+,42+/m1/s1. The molecule has 0 aliphatic carbocycles. The molecular formula is C47H84N6O11. The summed E-state index contributed by atoms with van der Waals surface area (Å²) in [5.74, 6) is -1.78. The molecule has 0 aromatic carbocycles. The Hall–Kier alpha value is -3.77. The molecule has 3 amide bonds. The lowest BCUT2D eigenvalue weighted by Gasteiger charge is -2.14. The van der Waals surface area contributed by atoms with Crippen LogP contribution in [0.25, 0.3) is 0 Å². The van der Waals surface area contributed by atoms with Gasteiger partial charge in [0.2, 0.25) is 17.7 Å². The number of H-pyrrole nitrogens is 1. The van der Waals surface area contributed by atoms with E-state index in [1.807, 2.05) is 6.92 Å². The number of rotatable bonds is 46. The van der Waals surface area contributed by atoms with Crippen molar-refractivity contribution >= 4 is 35.3 Å². The SMILES string of the molecule is CCCCCCCCCCCCCCCC(=O)N[C@@H](CCC(=O)CCCOCCOCC(=O)NCCOCCOCC(=O)NCCCC[C@@H](C)CC(=O)[C@@H](N)Cc1cnc[nH]1)C(=O)O. The van der Waals surface area contributed by atoms with E-state index in [0.717, 1.165) is 44.2 Å². The number of amides is 3. The first kappa shape index (κ1) is 58.2. The largest absolute Gasteiger partial charge is 0.480 e. The van der Waals surface area contributed by atoms with Gasteiger partial charge in [0, 0.05) is 63.7 Å². The summed E-state index contributed by atoms with van der Waals surface area (Å²) < 4.78 is 21.6. The molecule has 17 nitrogen and oxygen atoms in total. The second-order valence-corrected chi connectivity index (χ2v) is 16.8. The molecule has 0 saturated carbocycles. The molecule has 0 aliphatic rings. The molecule has 0 aliphatic heterocycles. The van der Waals surface area contributed by atoms with E-state index < -0.39 is 18.1 Å². The number of nitrogens with one attached hydrogen (secondary N) is 4. The van der Waals surface area contributed by atoms with Crippen molar-refractivity contribution in [2.24, 2.45) is 11.7 Å². The molecule has 17 heteroatoms. The Kier molecular flexibility index (Phi) is 37.1. The Bertz CT molecular complexity index is 1370. The zero-order valence-electron chi connectivity index (χ0n) is 39.3. The predicted molar refractivity (Wildman–Crippen MR) is 246 cm³/mol. The summed E-state index contributed by atoms with van der Waals surface area (Å²) in [6, 6.07) is -1.62. The number of Topliss-reactive ketones (excluding diaryl/α,β-unsaturated/α-hetero) is 2. The average Bonchev–Trinajstić information content (AvgIpc) is 3.78. The lowest BCUT2D eigenvalue weighted by Crippen LogP contribution is -2.41. The van der Waals surface area contributed by atoms with Crippen LogP contribution in [-0.2, 0) is 54.1 Å². The predicted octanol–water partition coefficient (Wildman–Crippen LogP) is 5.52. The molecule has 0 bridgehead atoms. The molecule has 64 heavy (non-hydrogen) atoms. The Labute approximate surface area is 382 Å². The quantitative estimate of drug-likeness (QED) is 0.0442. The highest BCUT2D eigenvalue weighted by atomic mass is 16.5. The van der Waals surface area contributed by atoms with Crippen LogP contribution in [-0.4, -0.2) is 128 Å². The number of imidazole rings is 1. The van der Waals surface area contributed by atoms with Gasteiger partial charge in [-0.25, -0.2) is 9.78 Å². The van der Waals surface area contributed by atoms with E-state index in [1.165, 1.54) is 64.2 Å². The summed E-state index contributed by atoms with van der Waals surface area (Å²) in [6.07, 6.45) is 23.5. The van der Waals surface area contributed by atoms with Crippen molar-refractivity contribution in [3.63, 3.8) is 0 Å². The number of aliphatic carboxylic acids is 1. The van der Waals surface area contributed by atoms with Gasteiger partial charge in [-0.3, -0.25) is 24.0 Å². The number of carboxylic acid groups (broad SMARTS) is 1. The second-order valence-electron chi connectivity index (χ2n) is 16.8. The van der Waals surface area contributed by atoms with Gasteiger partial charge in [0.05, 0.1) is 45.4 Å². The van der Waals surface area contributed by atoms with Gasteiger partial charge in [-0.1, -0.05) is 104 Å². The van der Waals surface area contributed by atoms with Crippen molar-refractivity contribution in [2.45, 2.75) is 174 Å². The number of aromatic amines is 1. The number of aromatic nitrogens is 2. The van der Waals surface area contributed by atoms with Crippen molar-refractivity contribution in [2.75, 3.05) is 65.9 Å². The molecule has 1 aromatic rings. The van der Waals surface area contributed by atoms with Crippen LogP contribution in [0.3, 0.4) is 0 Å². The van der Waals surface area contributed by atoms with Gasteiger partial charge in [0.1, 0.15) is 30.8 Å². The van der Waals surface area contributed by atoms with Gasteiger partial charge in [-0.2, -0.15) is 0 Å². The summed E-state index contributed by atoms with van der Waals surface area (Å²) >= 11 is 0. The van der Waals surface area contributed by atoms with Gasteiger partial charge in [0.25, 0.3) is 0 Å². The number of hydrogen-bond acceptors (Lipinski definition) is 12. The molecule has 368 valence electrons. The molecule has 0 fully saturated rings. The number of ketones is 2. The van der Waals surface area contributed by atoms with E-state index in [0.29, 0.717) is 38.8 Å². The maximum Gasteiger partial charge on any atom is 0.326 e. The molecule has 1 aromatic heterocycles. The number of nitrogens with two attached hydrogens (primary N) is 1. The summed E-state index contributed by atoms with van der Waals surface area (Å²) in [5, 5.41) is 17.6. The normalized spacial score (nSPS) is 12.7. The molecular weight excluding hydrogens is 825 g/mol. The van der Waals surface area contributed by atoms with E-state index >= 15 is 0 Å².